The minimum atomic E-state index is 0.179. The SMILES string of the molecule is O=C1CCC12CCC(CBr)CC2. The third-order valence-corrected chi connectivity index (χ3v) is 4.62. The van der Waals surface area contributed by atoms with Crippen LogP contribution in [0.25, 0.3) is 0 Å². The Hall–Kier alpha value is 0.150. The average molecular weight is 231 g/mol. The number of ketones is 1. The fourth-order valence-electron chi connectivity index (χ4n) is 2.49. The van der Waals surface area contributed by atoms with Crippen LogP contribution in [0.15, 0.2) is 0 Å². The molecule has 2 saturated carbocycles. The Bertz CT molecular complexity index is 192. The molecule has 2 heteroatoms. The minimum absolute atomic E-state index is 0.179. The highest BCUT2D eigenvalue weighted by Gasteiger charge is 2.47. The van der Waals surface area contributed by atoms with Crippen LogP contribution in [0.4, 0.5) is 0 Å². The predicted molar refractivity (Wildman–Crippen MR) is 52.4 cm³/mol. The molecule has 2 aliphatic rings. The molecule has 0 atom stereocenters. The minimum Gasteiger partial charge on any atom is -0.299 e. The first-order valence-corrected chi connectivity index (χ1v) is 5.98. The molecule has 68 valence electrons. The second-order valence-corrected chi connectivity index (χ2v) is 4.95. The fraction of sp³-hybridized carbons (Fsp3) is 0.900. The van der Waals surface area contributed by atoms with E-state index >= 15 is 0 Å². The lowest BCUT2D eigenvalue weighted by Crippen LogP contribution is -2.43. The standard InChI is InChI=1S/C10H15BrO/c11-7-8-1-4-10(5-2-8)6-3-9(10)12/h8H,1-7H2. The zero-order valence-corrected chi connectivity index (χ0v) is 8.90. The van der Waals surface area contributed by atoms with Gasteiger partial charge in [-0.25, -0.2) is 0 Å². The smallest absolute Gasteiger partial charge is 0.139 e. The molecule has 1 nitrogen and oxygen atoms in total. The molecule has 0 amide bonds. The van der Waals surface area contributed by atoms with Gasteiger partial charge in [0.25, 0.3) is 0 Å². The molecular formula is C10H15BrO. The summed E-state index contributed by atoms with van der Waals surface area (Å²) in [5, 5.41) is 1.12. The molecule has 0 aromatic rings. The zero-order chi connectivity index (χ0) is 8.60. The predicted octanol–water partition coefficient (Wildman–Crippen LogP) is 2.92. The second kappa shape index (κ2) is 3.13. The molecule has 1 spiro atoms. The van der Waals surface area contributed by atoms with Crippen molar-refractivity contribution in [3.63, 3.8) is 0 Å². The summed E-state index contributed by atoms with van der Waals surface area (Å²) in [6.07, 6.45) is 6.90. The van der Waals surface area contributed by atoms with Gasteiger partial charge in [-0.15, -0.1) is 0 Å². The highest BCUT2D eigenvalue weighted by atomic mass is 79.9. The second-order valence-electron chi connectivity index (χ2n) is 4.30. The van der Waals surface area contributed by atoms with Crippen molar-refractivity contribution in [1.29, 1.82) is 0 Å². The van der Waals surface area contributed by atoms with Crippen molar-refractivity contribution in [2.75, 3.05) is 5.33 Å². The molecule has 12 heavy (non-hydrogen) atoms. The van der Waals surface area contributed by atoms with E-state index in [1.54, 1.807) is 0 Å². The Balaban J connectivity index is 1.93. The van der Waals surface area contributed by atoms with Gasteiger partial charge in [-0.1, -0.05) is 15.9 Å². The first-order valence-electron chi connectivity index (χ1n) is 4.86. The quantitative estimate of drug-likeness (QED) is 0.634. The molecular weight excluding hydrogens is 216 g/mol. The molecule has 0 radical (unpaired) electrons. The van der Waals surface area contributed by atoms with E-state index in [1.165, 1.54) is 32.1 Å². The van der Waals surface area contributed by atoms with Gasteiger partial charge in [-0.2, -0.15) is 0 Å². The van der Waals surface area contributed by atoms with Gasteiger partial charge in [-0.05, 0) is 38.0 Å². The summed E-state index contributed by atoms with van der Waals surface area (Å²) in [7, 11) is 0. The van der Waals surface area contributed by atoms with Crippen molar-refractivity contribution < 1.29 is 4.79 Å². The van der Waals surface area contributed by atoms with Gasteiger partial charge in [0, 0.05) is 17.2 Å². The first kappa shape index (κ1) is 8.74. The van der Waals surface area contributed by atoms with Crippen LogP contribution in [0.3, 0.4) is 0 Å². The van der Waals surface area contributed by atoms with Crippen LogP contribution >= 0.6 is 15.9 Å². The number of hydrogen-bond donors (Lipinski definition) is 0. The highest BCUT2D eigenvalue weighted by Crippen LogP contribution is 2.50. The summed E-state index contributed by atoms with van der Waals surface area (Å²) >= 11 is 3.52. The third-order valence-electron chi connectivity index (χ3n) is 3.70. The van der Waals surface area contributed by atoms with Crippen molar-refractivity contribution in [3.05, 3.63) is 0 Å². The molecule has 2 rings (SSSR count). The third kappa shape index (κ3) is 1.24. The molecule has 0 saturated heterocycles. The van der Waals surface area contributed by atoms with E-state index < -0.39 is 0 Å². The van der Waals surface area contributed by atoms with E-state index in [-0.39, 0.29) is 5.41 Å². The number of rotatable bonds is 1. The Morgan fingerprint density at radius 2 is 2.00 bits per heavy atom. The number of alkyl halides is 1. The lowest BCUT2D eigenvalue weighted by Gasteiger charge is -2.44. The molecule has 2 aliphatic carbocycles. The topological polar surface area (TPSA) is 17.1 Å². The van der Waals surface area contributed by atoms with Crippen LogP contribution in [-0.2, 0) is 4.79 Å². The number of hydrogen-bond acceptors (Lipinski definition) is 1. The van der Waals surface area contributed by atoms with E-state index in [4.69, 9.17) is 0 Å². The summed E-state index contributed by atoms with van der Waals surface area (Å²) in [5.41, 5.74) is 0.179. The molecule has 0 aromatic heterocycles. The van der Waals surface area contributed by atoms with E-state index in [1.807, 2.05) is 0 Å². The maximum atomic E-state index is 11.4. The van der Waals surface area contributed by atoms with E-state index in [0.717, 1.165) is 17.7 Å². The summed E-state index contributed by atoms with van der Waals surface area (Å²) < 4.78 is 0. The van der Waals surface area contributed by atoms with Crippen LogP contribution in [0.2, 0.25) is 0 Å². The molecule has 0 heterocycles. The van der Waals surface area contributed by atoms with Crippen molar-refractivity contribution in [2.45, 2.75) is 38.5 Å². The summed E-state index contributed by atoms with van der Waals surface area (Å²) in [6, 6.07) is 0. The van der Waals surface area contributed by atoms with Gasteiger partial charge >= 0.3 is 0 Å². The van der Waals surface area contributed by atoms with Crippen molar-refractivity contribution in [1.82, 2.24) is 0 Å². The molecule has 0 bridgehead atoms. The van der Waals surface area contributed by atoms with E-state index in [2.05, 4.69) is 15.9 Å². The molecule has 0 aromatic carbocycles. The van der Waals surface area contributed by atoms with Crippen molar-refractivity contribution >= 4 is 21.7 Å². The molecule has 0 N–H and O–H groups in total. The van der Waals surface area contributed by atoms with Crippen LogP contribution in [-0.4, -0.2) is 11.1 Å². The van der Waals surface area contributed by atoms with Gasteiger partial charge in [-0.3, -0.25) is 4.79 Å². The van der Waals surface area contributed by atoms with E-state index in [9.17, 15) is 4.79 Å². The summed E-state index contributed by atoms with van der Waals surface area (Å²) in [5.74, 6) is 1.39. The Morgan fingerprint density at radius 1 is 1.33 bits per heavy atom. The fourth-order valence-corrected chi connectivity index (χ4v) is 3.14. The van der Waals surface area contributed by atoms with Gasteiger partial charge in [0.15, 0.2) is 0 Å². The number of Topliss-reactive ketones (excluding diaryl/α,β-unsaturated/α-hetero) is 1. The van der Waals surface area contributed by atoms with Gasteiger partial charge in [0.2, 0.25) is 0 Å². The van der Waals surface area contributed by atoms with Crippen LogP contribution in [0, 0.1) is 11.3 Å². The molecule has 2 fully saturated rings. The molecule has 0 aliphatic heterocycles. The highest BCUT2D eigenvalue weighted by molar-refractivity contribution is 9.09. The zero-order valence-electron chi connectivity index (χ0n) is 7.31. The number of carbonyl (C=O) groups excluding carboxylic acids is 1. The van der Waals surface area contributed by atoms with Crippen LogP contribution in [0.1, 0.15) is 38.5 Å². The van der Waals surface area contributed by atoms with Crippen LogP contribution in [0.5, 0.6) is 0 Å². The van der Waals surface area contributed by atoms with Gasteiger partial charge in [0.1, 0.15) is 5.78 Å². The lowest BCUT2D eigenvalue weighted by atomic mass is 9.58. The molecule has 0 unspecified atom stereocenters. The van der Waals surface area contributed by atoms with Gasteiger partial charge in [0.05, 0.1) is 0 Å². The summed E-state index contributed by atoms with van der Waals surface area (Å²) in [6.45, 7) is 0. The van der Waals surface area contributed by atoms with Crippen LogP contribution < -0.4 is 0 Å². The Morgan fingerprint density at radius 3 is 2.33 bits per heavy atom. The maximum Gasteiger partial charge on any atom is 0.139 e. The largest absolute Gasteiger partial charge is 0.299 e. The first-order chi connectivity index (χ1) is 5.77. The van der Waals surface area contributed by atoms with E-state index in [0.29, 0.717) is 5.78 Å². The number of halogens is 1. The Labute approximate surface area is 82.0 Å². The van der Waals surface area contributed by atoms with Gasteiger partial charge < -0.3 is 0 Å². The Kier molecular flexibility index (Phi) is 2.28. The number of carbonyl (C=O) groups is 1. The monoisotopic (exact) mass is 230 g/mol. The average Bonchev–Trinajstić information content (AvgIpc) is 2.16. The lowest BCUT2D eigenvalue weighted by molar-refractivity contribution is -0.141. The normalized spacial score (nSPS) is 41.4. The summed E-state index contributed by atoms with van der Waals surface area (Å²) in [4.78, 5) is 11.4. The van der Waals surface area contributed by atoms with Crippen molar-refractivity contribution in [2.24, 2.45) is 11.3 Å². The van der Waals surface area contributed by atoms with Crippen molar-refractivity contribution in [3.8, 4) is 0 Å². The maximum absolute atomic E-state index is 11.4.